The maximum absolute atomic E-state index is 13.7. The maximum Gasteiger partial charge on any atom is 0.139 e. The normalized spacial score (nSPS) is 11.7. The van der Waals surface area contributed by atoms with Crippen molar-refractivity contribution < 1.29 is 9.13 Å². The van der Waals surface area contributed by atoms with Gasteiger partial charge in [-0.25, -0.2) is 9.37 Å². The molecule has 0 aliphatic carbocycles. The number of fused-ring (bicyclic) bond motifs is 1. The van der Waals surface area contributed by atoms with Crippen molar-refractivity contribution in [2.24, 2.45) is 5.92 Å². The topological polar surface area (TPSA) is 27.1 Å². The zero-order valence-electron chi connectivity index (χ0n) is 12.2. The Labute approximate surface area is 137 Å². The highest BCUT2D eigenvalue weighted by Crippen LogP contribution is 2.25. The summed E-state index contributed by atoms with van der Waals surface area (Å²) in [4.78, 5) is 4.45. The van der Waals surface area contributed by atoms with Crippen molar-refractivity contribution in [3.05, 3.63) is 28.2 Å². The van der Waals surface area contributed by atoms with Gasteiger partial charge in [0.15, 0.2) is 0 Å². The van der Waals surface area contributed by atoms with Crippen LogP contribution in [0.4, 0.5) is 4.39 Å². The van der Waals surface area contributed by atoms with E-state index in [-0.39, 0.29) is 5.82 Å². The first-order chi connectivity index (χ1) is 10.0. The first kappa shape index (κ1) is 16.7. The van der Waals surface area contributed by atoms with Crippen LogP contribution in [-0.2, 0) is 17.2 Å². The number of rotatable bonds is 7. The lowest BCUT2D eigenvalue weighted by molar-refractivity contribution is 0.105. The summed E-state index contributed by atoms with van der Waals surface area (Å²) in [7, 11) is 0. The summed E-state index contributed by atoms with van der Waals surface area (Å²) in [6.45, 7) is 6.40. The van der Waals surface area contributed by atoms with Crippen LogP contribution in [0.25, 0.3) is 11.0 Å². The average Bonchev–Trinajstić information content (AvgIpc) is 2.76. The lowest BCUT2D eigenvalue weighted by Gasteiger charge is -2.09. The van der Waals surface area contributed by atoms with Gasteiger partial charge in [-0.1, -0.05) is 13.8 Å². The standard InChI is InChI=1S/C15H19BrClFN2O/c1-10(2)9-21-5-3-4-20-14-7-12(18)11(16)6-13(14)19-15(20)8-17/h6-7,10H,3-5,8-9H2,1-2H3. The molecule has 0 fully saturated rings. The number of alkyl halides is 1. The molecule has 0 spiro atoms. The number of nitrogens with zero attached hydrogens (tertiary/aromatic N) is 2. The van der Waals surface area contributed by atoms with E-state index in [1.807, 2.05) is 4.57 Å². The molecule has 2 aromatic rings. The van der Waals surface area contributed by atoms with Gasteiger partial charge in [0, 0.05) is 25.8 Å². The third-order valence-corrected chi connectivity index (χ3v) is 3.96. The summed E-state index contributed by atoms with van der Waals surface area (Å²) in [5.74, 6) is 1.30. The monoisotopic (exact) mass is 376 g/mol. The molecule has 0 amide bonds. The van der Waals surface area contributed by atoms with Gasteiger partial charge in [-0.05, 0) is 34.3 Å². The predicted octanol–water partition coefficient (Wildman–Crippen LogP) is 4.74. The molecule has 0 bridgehead atoms. The molecule has 0 atom stereocenters. The van der Waals surface area contributed by atoms with Crippen LogP contribution in [0, 0.1) is 11.7 Å². The highest BCUT2D eigenvalue weighted by Gasteiger charge is 2.12. The van der Waals surface area contributed by atoms with Crippen LogP contribution in [0.5, 0.6) is 0 Å². The Morgan fingerprint density at radius 1 is 1.43 bits per heavy atom. The zero-order valence-corrected chi connectivity index (χ0v) is 14.5. The van der Waals surface area contributed by atoms with Crippen molar-refractivity contribution in [3.63, 3.8) is 0 Å². The van der Waals surface area contributed by atoms with E-state index >= 15 is 0 Å². The smallest absolute Gasteiger partial charge is 0.139 e. The number of aromatic nitrogens is 2. The Balaban J connectivity index is 2.12. The van der Waals surface area contributed by atoms with Gasteiger partial charge in [-0.2, -0.15) is 0 Å². The first-order valence-electron chi connectivity index (χ1n) is 7.00. The summed E-state index contributed by atoms with van der Waals surface area (Å²) < 4.78 is 21.7. The SMILES string of the molecule is CC(C)COCCCn1c(CCl)nc2cc(Br)c(F)cc21. The Bertz CT molecular complexity index is 615. The molecule has 0 N–H and O–H groups in total. The molecule has 6 heteroatoms. The summed E-state index contributed by atoms with van der Waals surface area (Å²) in [6.07, 6.45) is 0.847. The summed E-state index contributed by atoms with van der Waals surface area (Å²) in [5, 5.41) is 0. The highest BCUT2D eigenvalue weighted by molar-refractivity contribution is 9.10. The van der Waals surface area contributed by atoms with E-state index in [1.54, 1.807) is 6.07 Å². The van der Waals surface area contributed by atoms with Crippen LogP contribution in [0.15, 0.2) is 16.6 Å². The van der Waals surface area contributed by atoms with Crippen molar-refractivity contribution in [2.75, 3.05) is 13.2 Å². The molecule has 21 heavy (non-hydrogen) atoms. The van der Waals surface area contributed by atoms with Gasteiger partial charge in [-0.3, -0.25) is 0 Å². The third kappa shape index (κ3) is 4.18. The van der Waals surface area contributed by atoms with Crippen molar-refractivity contribution in [2.45, 2.75) is 32.7 Å². The molecule has 1 aromatic carbocycles. The Morgan fingerprint density at radius 3 is 2.86 bits per heavy atom. The summed E-state index contributed by atoms with van der Waals surface area (Å²) in [5.41, 5.74) is 1.53. The number of halogens is 3. The molecule has 1 heterocycles. The zero-order chi connectivity index (χ0) is 15.4. The van der Waals surface area contributed by atoms with Gasteiger partial charge < -0.3 is 9.30 Å². The minimum atomic E-state index is -0.291. The number of hydrogen-bond acceptors (Lipinski definition) is 2. The second kappa shape index (κ2) is 7.56. The van der Waals surface area contributed by atoms with Gasteiger partial charge in [0.25, 0.3) is 0 Å². The molecule has 0 aliphatic rings. The number of aryl methyl sites for hydroxylation is 1. The maximum atomic E-state index is 13.7. The van der Waals surface area contributed by atoms with Crippen molar-refractivity contribution in [1.29, 1.82) is 0 Å². The molecular weight excluding hydrogens is 359 g/mol. The Morgan fingerprint density at radius 2 is 2.19 bits per heavy atom. The van der Waals surface area contributed by atoms with E-state index in [1.165, 1.54) is 6.07 Å². The summed E-state index contributed by atoms with van der Waals surface area (Å²) >= 11 is 9.13. The predicted molar refractivity (Wildman–Crippen MR) is 87.2 cm³/mol. The number of hydrogen-bond donors (Lipinski definition) is 0. The van der Waals surface area contributed by atoms with E-state index in [2.05, 4.69) is 34.8 Å². The van der Waals surface area contributed by atoms with Crippen LogP contribution < -0.4 is 0 Å². The van der Waals surface area contributed by atoms with Crippen molar-refractivity contribution >= 4 is 38.6 Å². The molecule has 116 valence electrons. The van der Waals surface area contributed by atoms with Crippen LogP contribution >= 0.6 is 27.5 Å². The van der Waals surface area contributed by atoms with E-state index < -0.39 is 0 Å². The fraction of sp³-hybridized carbons (Fsp3) is 0.533. The van der Waals surface area contributed by atoms with Gasteiger partial charge in [0.2, 0.25) is 0 Å². The lowest BCUT2D eigenvalue weighted by Crippen LogP contribution is -2.08. The minimum absolute atomic E-state index is 0.291. The van der Waals surface area contributed by atoms with E-state index in [4.69, 9.17) is 16.3 Å². The second-order valence-electron chi connectivity index (χ2n) is 5.39. The van der Waals surface area contributed by atoms with Gasteiger partial charge in [-0.15, -0.1) is 11.6 Å². The van der Waals surface area contributed by atoms with E-state index in [9.17, 15) is 4.39 Å². The van der Waals surface area contributed by atoms with E-state index in [0.29, 0.717) is 22.9 Å². The molecule has 0 unspecified atom stereocenters. The van der Waals surface area contributed by atoms with Crippen LogP contribution in [-0.4, -0.2) is 22.8 Å². The minimum Gasteiger partial charge on any atom is -0.381 e. The molecule has 0 saturated carbocycles. The molecule has 2 rings (SSSR count). The molecular formula is C15H19BrClFN2O. The molecule has 0 aliphatic heterocycles. The molecule has 1 aromatic heterocycles. The largest absolute Gasteiger partial charge is 0.381 e. The molecule has 3 nitrogen and oxygen atoms in total. The number of imidazole rings is 1. The Hall–Kier alpha value is -0.650. The third-order valence-electron chi connectivity index (χ3n) is 3.11. The fourth-order valence-electron chi connectivity index (χ4n) is 2.17. The Kier molecular flexibility index (Phi) is 6.02. The van der Waals surface area contributed by atoms with E-state index in [0.717, 1.165) is 36.4 Å². The average molecular weight is 378 g/mol. The molecule has 0 radical (unpaired) electrons. The van der Waals surface area contributed by atoms with Crippen LogP contribution in [0.3, 0.4) is 0 Å². The van der Waals surface area contributed by atoms with Gasteiger partial charge in [0.1, 0.15) is 11.6 Å². The van der Waals surface area contributed by atoms with Crippen LogP contribution in [0.1, 0.15) is 26.1 Å². The van der Waals surface area contributed by atoms with Crippen LogP contribution in [0.2, 0.25) is 0 Å². The van der Waals surface area contributed by atoms with Crippen molar-refractivity contribution in [1.82, 2.24) is 9.55 Å². The lowest BCUT2D eigenvalue weighted by atomic mass is 10.2. The van der Waals surface area contributed by atoms with Gasteiger partial charge in [0.05, 0.1) is 21.4 Å². The van der Waals surface area contributed by atoms with Crippen molar-refractivity contribution in [3.8, 4) is 0 Å². The second-order valence-corrected chi connectivity index (χ2v) is 6.51. The highest BCUT2D eigenvalue weighted by atomic mass is 79.9. The number of benzene rings is 1. The van der Waals surface area contributed by atoms with Gasteiger partial charge >= 0.3 is 0 Å². The first-order valence-corrected chi connectivity index (χ1v) is 8.33. The quantitative estimate of drug-likeness (QED) is 0.515. The molecule has 0 saturated heterocycles. The summed E-state index contributed by atoms with van der Waals surface area (Å²) in [6, 6.07) is 3.18. The number of ether oxygens (including phenoxy) is 1. The fourth-order valence-corrected chi connectivity index (χ4v) is 2.70.